The van der Waals surface area contributed by atoms with Crippen molar-refractivity contribution in [1.29, 1.82) is 0 Å². The fraction of sp³-hybridized carbons (Fsp3) is 0. The molecule has 0 amide bonds. The van der Waals surface area contributed by atoms with Gasteiger partial charge in [0.25, 0.3) is 46.9 Å². The molecule has 0 atom stereocenters. The quantitative estimate of drug-likeness (QED) is 0.161. The van der Waals surface area contributed by atoms with E-state index in [1.807, 2.05) is 0 Å². The SMILES string of the molecule is O=P1([O-])OP(=O)([O-])OP(=O)([O-])OP(=O)([O-])OP(=O)([O-])OP(=O)([O-])O1.[K+].[K+].[K+].[K+].[K+].[K+].[NaH].[NaH].[NaH].[NaH].[NaH].[NaH]. The molecule has 1 rings (SSSR count). The van der Waals surface area contributed by atoms with Crippen LogP contribution in [0.15, 0.2) is 0 Å². The van der Waals surface area contributed by atoms with Gasteiger partial charge in [0.15, 0.2) is 0 Å². The summed E-state index contributed by atoms with van der Waals surface area (Å²) in [4.78, 5) is 65.8. The van der Waals surface area contributed by atoms with Crippen LogP contribution >= 0.6 is 46.9 Å². The third-order valence-corrected chi connectivity index (χ3v) is 10.8. The topological polar surface area (TPSA) is 296 Å². The van der Waals surface area contributed by atoms with E-state index in [9.17, 15) is 56.8 Å². The third-order valence-electron chi connectivity index (χ3n) is 1.20. The van der Waals surface area contributed by atoms with Crippen LogP contribution in [0.1, 0.15) is 0 Å². The standard InChI is InChI=1S/6K.6Na.H6O18P6.6H/c;;;;;;;;;;;;1-19(2)13-20(3,4)15-22(7,8)17-24(11,12)18-23(9,10)16-21(5,6)14-19;;;;;;/h;;;;;;;;;;;;(H,1,2)(H,3,4)(H,5,6)(H,7,8)(H,9,10)(H,11,12);;;;;;/q6*+1;;;;;;;;;;;;;/p-6. The van der Waals surface area contributed by atoms with E-state index in [1.54, 1.807) is 0 Å². The van der Waals surface area contributed by atoms with Gasteiger partial charge in [0.05, 0.1) is 0 Å². The zero-order valence-corrected chi connectivity index (χ0v) is 40.1. The van der Waals surface area contributed by atoms with Gasteiger partial charge in [0, 0.05) is 0 Å². The summed E-state index contributed by atoms with van der Waals surface area (Å²) in [6.07, 6.45) is 0. The Balaban J connectivity index is -0.0000000480. The van der Waals surface area contributed by atoms with Crippen molar-refractivity contribution >= 4 is 224 Å². The summed E-state index contributed by atoms with van der Waals surface area (Å²) in [5, 5.41) is 0. The Labute approximate surface area is 594 Å². The van der Waals surface area contributed by atoms with Crippen LogP contribution in [0, 0.1) is 0 Å². The van der Waals surface area contributed by atoms with Gasteiger partial charge in [-0.05, 0) is 0 Å². The van der Waals surface area contributed by atoms with Crippen molar-refractivity contribution in [1.82, 2.24) is 0 Å². The van der Waals surface area contributed by atoms with Gasteiger partial charge in [-0.1, -0.05) is 0 Å². The number of rotatable bonds is 0. The van der Waals surface area contributed by atoms with Gasteiger partial charge in [-0.15, -0.1) is 0 Å². The zero-order chi connectivity index (χ0) is 19.2. The van der Waals surface area contributed by atoms with E-state index >= 15 is 0 Å². The molecule has 0 unspecified atom stereocenters. The molecule has 0 bridgehead atoms. The first kappa shape index (κ1) is 85.0. The second-order valence-electron chi connectivity index (χ2n) is 3.17. The van der Waals surface area contributed by atoms with Gasteiger partial charge in [0.2, 0.25) is 0 Å². The molecule has 18 nitrogen and oxygen atoms in total. The fourth-order valence-corrected chi connectivity index (χ4v) is 9.03. The van der Waals surface area contributed by atoms with Gasteiger partial charge >= 0.3 is 486 Å². The van der Waals surface area contributed by atoms with Crippen LogP contribution < -0.4 is 338 Å². The predicted octanol–water partition coefficient (Wildman–Crippen LogP) is -25.0. The Morgan fingerprint density at radius 3 is 0.389 bits per heavy atom. The van der Waals surface area contributed by atoms with Gasteiger partial charge in [-0.3, -0.25) is 27.4 Å². The van der Waals surface area contributed by atoms with Gasteiger partial charge in [-0.2, -0.15) is 0 Å². The predicted molar refractivity (Wildman–Crippen MR) is 95.0 cm³/mol. The van der Waals surface area contributed by atoms with E-state index < -0.39 is 46.9 Å². The van der Waals surface area contributed by atoms with Crippen LogP contribution in [0.2, 0.25) is 0 Å². The molecule has 36 heteroatoms. The molecule has 36 heavy (non-hydrogen) atoms. The van der Waals surface area contributed by atoms with Crippen LogP contribution in [0.5, 0.6) is 0 Å². The molecule has 1 fully saturated rings. The molecule has 1 aliphatic rings. The first-order chi connectivity index (χ1) is 10.2. The van der Waals surface area contributed by atoms with Gasteiger partial charge in [0.1, 0.15) is 0 Å². The summed E-state index contributed by atoms with van der Waals surface area (Å²) >= 11 is 0. The molecule has 0 spiro atoms. The van der Waals surface area contributed by atoms with Crippen molar-refractivity contribution in [3.05, 3.63) is 0 Å². The van der Waals surface area contributed by atoms with Crippen molar-refractivity contribution < 1.29 is 391 Å². The Kier molecular flexibility index (Phi) is 91.2. The molecule has 1 saturated heterocycles. The Bertz CT molecular complexity index is 620. The van der Waals surface area contributed by atoms with Crippen molar-refractivity contribution in [3.8, 4) is 0 Å². The zero-order valence-electron chi connectivity index (χ0n) is 16.0. The monoisotopic (exact) mass is 852 g/mol. The van der Waals surface area contributed by atoms with Crippen molar-refractivity contribution in [2.75, 3.05) is 0 Å². The second kappa shape index (κ2) is 38.6. The van der Waals surface area contributed by atoms with Crippen molar-refractivity contribution in [2.45, 2.75) is 0 Å². The average molecular weight is 852 g/mol. The van der Waals surface area contributed by atoms with Gasteiger partial charge < -0.3 is 29.4 Å². The molecule has 1 aliphatic heterocycles. The van der Waals surface area contributed by atoms with E-state index in [2.05, 4.69) is 25.9 Å². The second-order valence-corrected chi connectivity index (χ2v) is 12.5. The van der Waals surface area contributed by atoms with Crippen molar-refractivity contribution in [3.63, 3.8) is 0 Å². The molecule has 0 aliphatic carbocycles. The summed E-state index contributed by atoms with van der Waals surface area (Å²) in [5.41, 5.74) is 0. The average Bonchev–Trinajstić information content (AvgIpc) is 1.98. The van der Waals surface area contributed by atoms with E-state index in [0.717, 1.165) is 0 Å². The Hall–Kier alpha value is 16.7. The normalized spacial score (nSPS) is 36.8. The molecule has 1 heterocycles. The molecule has 0 N–H and O–H groups in total. The first-order valence-corrected chi connectivity index (χ1v) is 13.1. The molecule has 156 valence electrons. The summed E-state index contributed by atoms with van der Waals surface area (Å²) < 4.78 is 83.4. The summed E-state index contributed by atoms with van der Waals surface area (Å²) in [5.74, 6) is 0. The third kappa shape index (κ3) is 45.1. The molecule has 0 radical (unpaired) electrons. The number of hydrogen-bond donors (Lipinski definition) is 0. The van der Waals surface area contributed by atoms with Crippen LogP contribution in [0.25, 0.3) is 0 Å². The van der Waals surface area contributed by atoms with E-state index in [1.165, 1.54) is 0 Å². The van der Waals surface area contributed by atoms with Crippen LogP contribution in [0.3, 0.4) is 0 Å². The maximum absolute atomic E-state index is 11.0. The fourth-order valence-electron chi connectivity index (χ4n) is 0.824. The summed E-state index contributed by atoms with van der Waals surface area (Å²) in [7, 11) is -39.3. The Morgan fingerprint density at radius 2 is 0.333 bits per heavy atom. The minimum atomic E-state index is -6.56. The van der Waals surface area contributed by atoms with E-state index in [0.29, 0.717) is 0 Å². The van der Waals surface area contributed by atoms with Crippen LogP contribution in [-0.2, 0) is 53.3 Å². The molecule has 0 aromatic carbocycles. The van der Waals surface area contributed by atoms with E-state index in [4.69, 9.17) is 0 Å². The summed E-state index contributed by atoms with van der Waals surface area (Å²) in [6.45, 7) is 0. The molecule has 0 aromatic heterocycles. The molecular weight excluding hydrogens is 846 g/mol. The van der Waals surface area contributed by atoms with Crippen molar-refractivity contribution in [2.24, 2.45) is 0 Å². The first-order valence-electron chi connectivity index (χ1n) is 4.38. The van der Waals surface area contributed by atoms with Crippen LogP contribution in [0.4, 0.5) is 0 Å². The Morgan fingerprint density at radius 1 is 0.278 bits per heavy atom. The molecular formula is H6K6Na6O18P6. The van der Waals surface area contributed by atoms with E-state index in [-0.39, 0.29) is 486 Å². The molecule has 0 saturated carbocycles. The maximum atomic E-state index is 11.0. The summed E-state index contributed by atoms with van der Waals surface area (Å²) in [6, 6.07) is 0. The number of phosphoric acid groups is 6. The van der Waals surface area contributed by atoms with Gasteiger partial charge in [-0.25, -0.2) is 25.9 Å². The van der Waals surface area contributed by atoms with Crippen LogP contribution in [-0.4, -0.2) is 177 Å². The number of hydrogen-bond acceptors (Lipinski definition) is 18. The minimum absolute atomic E-state index is 0. The molecule has 0 aromatic rings.